The van der Waals surface area contributed by atoms with Crippen LogP contribution in [0.25, 0.3) is 0 Å². The molecule has 0 radical (unpaired) electrons. The Balaban J connectivity index is 1.92. The van der Waals surface area contributed by atoms with Crippen molar-refractivity contribution in [3.63, 3.8) is 0 Å². The van der Waals surface area contributed by atoms with Crippen molar-refractivity contribution < 1.29 is 47.2 Å². The Morgan fingerprint density at radius 3 is 2.28 bits per heavy atom. The summed E-state index contributed by atoms with van der Waals surface area (Å²) in [6.45, 7) is 25.8. The van der Waals surface area contributed by atoms with Crippen LogP contribution in [0.3, 0.4) is 0 Å². The summed E-state index contributed by atoms with van der Waals surface area (Å²) in [6.07, 6.45) is 9.67. The number of carbonyl (C=O) groups is 3. The second kappa shape index (κ2) is 24.9. The van der Waals surface area contributed by atoms with Crippen molar-refractivity contribution in [2.75, 3.05) is 53.9 Å². The van der Waals surface area contributed by atoms with Crippen molar-refractivity contribution in [3.05, 3.63) is 36.0 Å². The lowest BCUT2D eigenvalue weighted by Gasteiger charge is -2.41. The zero-order valence-corrected chi connectivity index (χ0v) is 41.3. The van der Waals surface area contributed by atoms with E-state index in [0.29, 0.717) is 32.5 Å². The number of allylic oxidation sites excluding steroid dienone is 3. The molecule has 0 spiro atoms. The predicted molar refractivity (Wildman–Crippen MR) is 243 cm³/mol. The molecule has 3 heterocycles. The molecule has 11 atom stereocenters. The summed E-state index contributed by atoms with van der Waals surface area (Å²) in [4.78, 5) is 45.5. The molecule has 350 valence electrons. The van der Waals surface area contributed by atoms with Gasteiger partial charge in [-0.3, -0.25) is 4.79 Å². The monoisotopic (exact) mass is 878 g/mol. The average Bonchev–Trinajstić information content (AvgIpc) is 3.99. The van der Waals surface area contributed by atoms with Crippen molar-refractivity contribution >= 4 is 26.5 Å². The molecule has 0 aromatic heterocycles. The minimum Gasteiger partial charge on any atom is -0.457 e. The maximum absolute atomic E-state index is 14.0. The van der Waals surface area contributed by atoms with Gasteiger partial charge in [0.15, 0.2) is 20.7 Å². The highest BCUT2D eigenvalue weighted by molar-refractivity contribution is 6.73. The van der Waals surface area contributed by atoms with E-state index in [-0.39, 0.29) is 60.6 Å². The standard InChI is InChI=1S/C47H83N3O10Si/c1-15-39(56-45(52)48(12)13)36(9)44-40(55-44)31-33(6)21-20-22-34(7)43-35(8)23-24-41(57-46(53)50-29-27-49(14)28-30-50)47(11,59-37(10)54-16-2)26-25-38(32-42(51)58-43)60-61(17-3,18-4)19-5/h20-24,33,35-41,43-44H,15-19,25-32H2,1-14H3. The van der Waals surface area contributed by atoms with Crippen LogP contribution in [0.15, 0.2) is 36.0 Å². The van der Waals surface area contributed by atoms with E-state index in [4.69, 9.17) is 32.8 Å². The molecule has 0 saturated carbocycles. The molecule has 0 aromatic carbocycles. The number of hydrogen-bond acceptors (Lipinski definition) is 11. The smallest absolute Gasteiger partial charge is 0.410 e. The molecule has 2 amide bonds. The number of amides is 2. The Morgan fingerprint density at radius 2 is 1.69 bits per heavy atom. The van der Waals surface area contributed by atoms with Crippen molar-refractivity contribution in [1.29, 1.82) is 0 Å². The average molecular weight is 878 g/mol. The first kappa shape index (κ1) is 52.6. The quantitative estimate of drug-likeness (QED) is 0.0235. The van der Waals surface area contributed by atoms with Crippen LogP contribution in [0.5, 0.6) is 0 Å². The molecular weight excluding hydrogens is 795 g/mol. The van der Waals surface area contributed by atoms with Gasteiger partial charge in [0, 0.05) is 58.7 Å². The fourth-order valence-corrected chi connectivity index (χ4v) is 11.5. The van der Waals surface area contributed by atoms with E-state index in [9.17, 15) is 14.4 Å². The van der Waals surface area contributed by atoms with E-state index in [1.165, 1.54) is 4.90 Å². The Labute approximate surface area is 370 Å². The van der Waals surface area contributed by atoms with Crippen LogP contribution in [0.1, 0.15) is 108 Å². The van der Waals surface area contributed by atoms with Crippen molar-refractivity contribution in [1.82, 2.24) is 14.7 Å². The molecule has 3 aliphatic heterocycles. The molecule has 0 bridgehead atoms. The van der Waals surface area contributed by atoms with Crippen LogP contribution in [-0.4, -0.2) is 144 Å². The zero-order chi connectivity index (χ0) is 45.5. The van der Waals surface area contributed by atoms with Gasteiger partial charge in [0.25, 0.3) is 0 Å². The minimum atomic E-state index is -2.14. The largest absolute Gasteiger partial charge is 0.457 e. The number of carbonyl (C=O) groups excluding carboxylic acids is 3. The first-order chi connectivity index (χ1) is 28.8. The topological polar surface area (TPSA) is 129 Å². The SMILES string of the molecule is CCOC(C)OC1(C)CCC(O[Si](CC)(CC)CC)CC(=O)OC(C(C)=CC=CC(C)CC2OC2C(C)C(CC)OC(=O)N(C)C)C(C)C=CC1OC(=O)N1CCN(C)CC1. The summed E-state index contributed by atoms with van der Waals surface area (Å²) < 4.78 is 44.3. The summed E-state index contributed by atoms with van der Waals surface area (Å²) >= 11 is 0. The molecular formula is C47H83N3O10Si. The van der Waals surface area contributed by atoms with Crippen LogP contribution >= 0.6 is 0 Å². The number of rotatable bonds is 19. The molecule has 3 rings (SSSR count). The highest BCUT2D eigenvalue weighted by Crippen LogP contribution is 2.38. The van der Waals surface area contributed by atoms with E-state index in [1.807, 2.05) is 65.8 Å². The normalized spacial score (nSPS) is 29.2. The highest BCUT2D eigenvalue weighted by Gasteiger charge is 2.47. The molecule has 13 nitrogen and oxygen atoms in total. The number of cyclic esters (lactones) is 1. The number of esters is 1. The maximum atomic E-state index is 14.0. The lowest BCUT2D eigenvalue weighted by Crippen LogP contribution is -2.52. The Morgan fingerprint density at radius 1 is 1.03 bits per heavy atom. The zero-order valence-electron chi connectivity index (χ0n) is 40.3. The van der Waals surface area contributed by atoms with Gasteiger partial charge in [0.1, 0.15) is 17.8 Å². The Bertz CT molecular complexity index is 1460. The van der Waals surface area contributed by atoms with Crippen molar-refractivity contribution in [2.45, 2.75) is 175 Å². The van der Waals surface area contributed by atoms with Gasteiger partial charge in [-0.15, -0.1) is 0 Å². The van der Waals surface area contributed by atoms with Gasteiger partial charge in [-0.1, -0.05) is 72.8 Å². The summed E-state index contributed by atoms with van der Waals surface area (Å²) in [5.74, 6) is -0.265. The third-order valence-corrected chi connectivity index (χ3v) is 17.8. The van der Waals surface area contributed by atoms with Gasteiger partial charge in [0.2, 0.25) is 0 Å². The third kappa shape index (κ3) is 16.1. The minimum absolute atomic E-state index is 0.0446. The van der Waals surface area contributed by atoms with Crippen LogP contribution in [0, 0.1) is 17.8 Å². The second-order valence-electron chi connectivity index (χ2n) is 18.2. The fraction of sp³-hybridized carbons (Fsp3) is 0.809. The third-order valence-electron chi connectivity index (χ3n) is 13.1. The fourth-order valence-electron chi connectivity index (χ4n) is 8.58. The van der Waals surface area contributed by atoms with E-state index in [2.05, 4.69) is 52.6 Å². The molecule has 0 N–H and O–H groups in total. The molecule has 3 aliphatic rings. The van der Waals surface area contributed by atoms with E-state index in [1.54, 1.807) is 19.0 Å². The van der Waals surface area contributed by atoms with Crippen LogP contribution in [0.4, 0.5) is 9.59 Å². The number of ether oxygens (including phenoxy) is 6. The molecule has 14 heteroatoms. The summed E-state index contributed by atoms with van der Waals surface area (Å²) in [7, 11) is 3.29. The number of nitrogens with zero attached hydrogens (tertiary/aromatic N) is 3. The molecule has 0 aliphatic carbocycles. The van der Waals surface area contributed by atoms with E-state index < -0.39 is 38.5 Å². The number of likely N-dealkylation sites (N-methyl/N-ethyl adjacent to an activating group) is 1. The van der Waals surface area contributed by atoms with Gasteiger partial charge in [-0.25, -0.2) is 9.59 Å². The van der Waals surface area contributed by atoms with Gasteiger partial charge in [0.05, 0.1) is 24.7 Å². The number of epoxide rings is 1. The number of piperazine rings is 1. The first-order valence-electron chi connectivity index (χ1n) is 23.2. The van der Waals surface area contributed by atoms with Gasteiger partial charge in [-0.2, -0.15) is 0 Å². The number of hydrogen-bond donors (Lipinski definition) is 0. The van der Waals surface area contributed by atoms with E-state index in [0.717, 1.165) is 49.6 Å². The summed E-state index contributed by atoms with van der Waals surface area (Å²) in [5, 5.41) is 0. The Kier molecular flexibility index (Phi) is 21.5. The lowest BCUT2D eigenvalue weighted by atomic mass is 9.88. The molecule has 2 saturated heterocycles. The predicted octanol–water partition coefficient (Wildman–Crippen LogP) is 8.98. The van der Waals surface area contributed by atoms with Crippen LogP contribution in [0.2, 0.25) is 18.1 Å². The Hall–Kier alpha value is -2.75. The van der Waals surface area contributed by atoms with Crippen molar-refractivity contribution in [2.24, 2.45) is 17.8 Å². The molecule has 61 heavy (non-hydrogen) atoms. The van der Waals surface area contributed by atoms with Gasteiger partial charge >= 0.3 is 18.2 Å². The van der Waals surface area contributed by atoms with Gasteiger partial charge in [-0.05, 0) is 96.1 Å². The van der Waals surface area contributed by atoms with Crippen LogP contribution < -0.4 is 0 Å². The summed E-state index contributed by atoms with van der Waals surface area (Å²) in [6, 6.07) is 2.83. The van der Waals surface area contributed by atoms with Gasteiger partial charge < -0.3 is 47.5 Å². The molecule has 11 unspecified atom stereocenters. The molecule has 2 fully saturated rings. The van der Waals surface area contributed by atoms with Crippen molar-refractivity contribution in [3.8, 4) is 0 Å². The van der Waals surface area contributed by atoms with E-state index >= 15 is 0 Å². The second-order valence-corrected chi connectivity index (χ2v) is 22.9. The highest BCUT2D eigenvalue weighted by atomic mass is 28.4. The lowest BCUT2D eigenvalue weighted by molar-refractivity contribution is -0.222. The first-order valence-corrected chi connectivity index (χ1v) is 25.7. The van der Waals surface area contributed by atoms with Crippen LogP contribution in [-0.2, 0) is 37.6 Å². The maximum Gasteiger partial charge on any atom is 0.410 e. The molecule has 0 aromatic rings. The summed E-state index contributed by atoms with van der Waals surface area (Å²) in [5.41, 5.74) is -0.109.